The van der Waals surface area contributed by atoms with Gasteiger partial charge in [0.15, 0.2) is 0 Å². The quantitative estimate of drug-likeness (QED) is 0.523. The Hall–Kier alpha value is -2.55. The third-order valence-electron chi connectivity index (χ3n) is 3.99. The number of ether oxygens (including phenoxy) is 1. The number of thioether (sulfide) groups is 1. The molecule has 0 atom stereocenters. The van der Waals surface area contributed by atoms with Crippen LogP contribution in [0.25, 0.3) is 17.4 Å². The summed E-state index contributed by atoms with van der Waals surface area (Å²) in [5, 5.41) is 8.98. The number of nitrogens with zero attached hydrogens (tertiary/aromatic N) is 1. The van der Waals surface area contributed by atoms with Crippen LogP contribution in [0.1, 0.15) is 22.5 Å². The Labute approximate surface area is 169 Å². The van der Waals surface area contributed by atoms with Gasteiger partial charge in [0.25, 0.3) is 11.1 Å². The predicted molar refractivity (Wildman–Crippen MR) is 105 cm³/mol. The van der Waals surface area contributed by atoms with Crippen LogP contribution in [0.15, 0.2) is 39.7 Å². The maximum Gasteiger partial charge on any atom is 0.337 e. The van der Waals surface area contributed by atoms with Crippen molar-refractivity contribution in [1.82, 2.24) is 4.90 Å². The minimum absolute atomic E-state index is 0.0331. The van der Waals surface area contributed by atoms with Gasteiger partial charge in [0, 0.05) is 31.9 Å². The predicted octanol–water partition coefficient (Wildman–Crippen LogP) is 4.37. The molecule has 2 amide bonds. The van der Waals surface area contributed by atoms with E-state index in [4.69, 9.17) is 20.8 Å². The van der Waals surface area contributed by atoms with E-state index in [0.717, 1.165) is 11.8 Å². The van der Waals surface area contributed by atoms with Gasteiger partial charge in [-0.05, 0) is 48.5 Å². The fourth-order valence-electron chi connectivity index (χ4n) is 2.62. The summed E-state index contributed by atoms with van der Waals surface area (Å²) in [6.07, 6.45) is 2.06. The number of hydrogen-bond donors (Lipinski definition) is 1. The van der Waals surface area contributed by atoms with E-state index in [9.17, 15) is 19.5 Å². The second-order valence-electron chi connectivity index (χ2n) is 5.88. The standard InChI is InChI=1S/C19H16ClNO6S/c1-26-8-2-7-21-17(22)16(28-19(21)25)10-12-4-6-15(27-12)11-3-5-14(20)13(9-11)18(23)24/h3-6,9-10H,2,7-8H2,1H3,(H,23,24)/b16-10-. The molecule has 0 saturated carbocycles. The Morgan fingerprint density at radius 3 is 2.82 bits per heavy atom. The van der Waals surface area contributed by atoms with Crippen LogP contribution >= 0.6 is 23.4 Å². The first-order chi connectivity index (χ1) is 13.4. The smallest absolute Gasteiger partial charge is 0.337 e. The van der Waals surface area contributed by atoms with E-state index in [0.29, 0.717) is 36.7 Å². The summed E-state index contributed by atoms with van der Waals surface area (Å²) in [7, 11) is 1.56. The molecule has 1 fully saturated rings. The molecule has 0 radical (unpaired) electrons. The van der Waals surface area contributed by atoms with Gasteiger partial charge in [-0.2, -0.15) is 0 Å². The van der Waals surface area contributed by atoms with Crippen molar-refractivity contribution in [2.24, 2.45) is 0 Å². The van der Waals surface area contributed by atoms with Gasteiger partial charge in [0.2, 0.25) is 0 Å². The van der Waals surface area contributed by atoms with Gasteiger partial charge in [0.05, 0.1) is 15.5 Å². The Balaban J connectivity index is 1.79. The number of hydrogen-bond acceptors (Lipinski definition) is 6. The van der Waals surface area contributed by atoms with Crippen molar-refractivity contribution in [2.75, 3.05) is 20.3 Å². The number of halogens is 1. The van der Waals surface area contributed by atoms with E-state index in [-0.39, 0.29) is 26.6 Å². The van der Waals surface area contributed by atoms with Crippen molar-refractivity contribution in [2.45, 2.75) is 6.42 Å². The summed E-state index contributed by atoms with van der Waals surface area (Å²) in [6, 6.07) is 7.83. The zero-order chi connectivity index (χ0) is 20.3. The fourth-order valence-corrected chi connectivity index (χ4v) is 3.66. The van der Waals surface area contributed by atoms with Crippen LogP contribution in [0.2, 0.25) is 5.02 Å². The first-order valence-electron chi connectivity index (χ1n) is 8.28. The lowest BCUT2D eigenvalue weighted by molar-refractivity contribution is -0.122. The highest BCUT2D eigenvalue weighted by Gasteiger charge is 2.34. The molecule has 1 aliphatic heterocycles. The second kappa shape index (κ2) is 8.64. The van der Waals surface area contributed by atoms with Gasteiger partial charge in [-0.3, -0.25) is 14.5 Å². The van der Waals surface area contributed by atoms with Gasteiger partial charge >= 0.3 is 5.97 Å². The van der Waals surface area contributed by atoms with Crippen molar-refractivity contribution < 1.29 is 28.6 Å². The van der Waals surface area contributed by atoms with Gasteiger partial charge in [-0.15, -0.1) is 0 Å². The Bertz CT molecular complexity index is 967. The molecule has 146 valence electrons. The average molecular weight is 422 g/mol. The molecule has 1 saturated heterocycles. The maximum absolute atomic E-state index is 12.4. The minimum Gasteiger partial charge on any atom is -0.478 e. The Kier molecular flexibility index (Phi) is 6.23. The van der Waals surface area contributed by atoms with Crippen molar-refractivity contribution in [1.29, 1.82) is 0 Å². The lowest BCUT2D eigenvalue weighted by Crippen LogP contribution is -2.29. The molecule has 9 heteroatoms. The van der Waals surface area contributed by atoms with E-state index in [1.807, 2.05) is 0 Å². The number of carboxylic acid groups (broad SMARTS) is 1. The Morgan fingerprint density at radius 1 is 1.32 bits per heavy atom. The van der Waals surface area contributed by atoms with Gasteiger partial charge < -0.3 is 14.3 Å². The topological polar surface area (TPSA) is 97.1 Å². The minimum atomic E-state index is -1.14. The van der Waals surface area contributed by atoms with Crippen LogP contribution in [0.3, 0.4) is 0 Å². The molecule has 0 aliphatic carbocycles. The molecule has 0 unspecified atom stereocenters. The van der Waals surface area contributed by atoms with Crippen LogP contribution in [0.5, 0.6) is 0 Å². The highest BCUT2D eigenvalue weighted by atomic mass is 35.5. The number of carboxylic acids is 1. The molecule has 3 rings (SSSR count). The van der Waals surface area contributed by atoms with Crippen molar-refractivity contribution in [3.8, 4) is 11.3 Å². The normalized spacial score (nSPS) is 15.6. The fraction of sp³-hybridized carbons (Fsp3) is 0.211. The number of methoxy groups -OCH3 is 1. The maximum atomic E-state index is 12.4. The highest BCUT2D eigenvalue weighted by Crippen LogP contribution is 2.34. The van der Waals surface area contributed by atoms with E-state index in [2.05, 4.69) is 0 Å². The molecule has 0 spiro atoms. The van der Waals surface area contributed by atoms with Crippen LogP contribution in [0.4, 0.5) is 4.79 Å². The summed E-state index contributed by atoms with van der Waals surface area (Å²) < 4.78 is 10.6. The first-order valence-corrected chi connectivity index (χ1v) is 9.47. The Morgan fingerprint density at radius 2 is 2.11 bits per heavy atom. The van der Waals surface area contributed by atoms with Gasteiger partial charge in [0.1, 0.15) is 11.5 Å². The number of benzene rings is 1. The molecule has 7 nitrogen and oxygen atoms in total. The molecular weight excluding hydrogens is 406 g/mol. The van der Waals surface area contributed by atoms with Crippen molar-refractivity contribution >= 4 is 46.6 Å². The second-order valence-corrected chi connectivity index (χ2v) is 7.28. The summed E-state index contributed by atoms with van der Waals surface area (Å²) in [6.45, 7) is 0.754. The summed E-state index contributed by atoms with van der Waals surface area (Å²) in [4.78, 5) is 37.1. The molecule has 2 aromatic rings. The number of imide groups is 1. The van der Waals surface area contributed by atoms with E-state index in [1.54, 1.807) is 25.3 Å². The highest BCUT2D eigenvalue weighted by molar-refractivity contribution is 8.18. The first kappa shape index (κ1) is 20.2. The number of amides is 2. The third-order valence-corrected chi connectivity index (χ3v) is 5.22. The van der Waals surface area contributed by atoms with Crippen molar-refractivity contribution in [3.63, 3.8) is 0 Å². The summed E-state index contributed by atoms with van der Waals surface area (Å²) in [5.41, 5.74) is 0.503. The lowest BCUT2D eigenvalue weighted by atomic mass is 10.1. The number of carbonyl (C=O) groups excluding carboxylic acids is 2. The summed E-state index contributed by atoms with van der Waals surface area (Å²) >= 11 is 6.73. The summed E-state index contributed by atoms with van der Waals surface area (Å²) in [5.74, 6) is -0.710. The monoisotopic (exact) mass is 421 g/mol. The average Bonchev–Trinajstić information content (AvgIpc) is 3.22. The van der Waals surface area contributed by atoms with Crippen LogP contribution in [0, 0.1) is 0 Å². The van der Waals surface area contributed by atoms with Gasteiger partial charge in [-0.1, -0.05) is 11.6 Å². The number of carbonyl (C=O) groups is 3. The molecule has 2 heterocycles. The van der Waals surface area contributed by atoms with E-state index >= 15 is 0 Å². The largest absolute Gasteiger partial charge is 0.478 e. The van der Waals surface area contributed by atoms with Crippen LogP contribution in [-0.2, 0) is 9.53 Å². The molecule has 1 N–H and O–H groups in total. The van der Waals surface area contributed by atoms with Gasteiger partial charge in [-0.25, -0.2) is 4.79 Å². The zero-order valence-electron chi connectivity index (χ0n) is 14.8. The SMILES string of the molecule is COCCCN1C(=O)S/C(=C\c2ccc(-c3ccc(Cl)c(C(=O)O)c3)o2)C1=O. The molecule has 1 aromatic carbocycles. The number of furan rings is 1. The van der Waals surface area contributed by atoms with Crippen molar-refractivity contribution in [3.05, 3.63) is 51.6 Å². The molecular formula is C19H16ClNO6S. The number of aromatic carboxylic acids is 1. The third kappa shape index (κ3) is 4.30. The number of rotatable bonds is 7. The zero-order valence-corrected chi connectivity index (χ0v) is 16.4. The van der Waals surface area contributed by atoms with Crippen LogP contribution < -0.4 is 0 Å². The molecule has 1 aromatic heterocycles. The molecule has 1 aliphatic rings. The lowest BCUT2D eigenvalue weighted by Gasteiger charge is -2.11. The van der Waals surface area contributed by atoms with E-state index in [1.165, 1.54) is 23.1 Å². The molecule has 0 bridgehead atoms. The molecule has 28 heavy (non-hydrogen) atoms. The van der Waals surface area contributed by atoms with E-state index < -0.39 is 5.97 Å². The van der Waals surface area contributed by atoms with Crippen LogP contribution in [-0.4, -0.2) is 47.4 Å².